The molecule has 0 spiro atoms. The Morgan fingerprint density at radius 1 is 1.12 bits per heavy atom. The number of aryl methyl sites for hydroxylation is 2. The number of halogens is 3. The van der Waals surface area contributed by atoms with Crippen LogP contribution in [-0.2, 0) is 19.9 Å². The molecule has 3 aromatic rings. The third kappa shape index (κ3) is 4.63. The molecule has 1 aliphatic heterocycles. The van der Waals surface area contributed by atoms with Crippen LogP contribution in [0.4, 0.5) is 19.0 Å². The van der Waals surface area contributed by atoms with Crippen molar-refractivity contribution in [3.8, 4) is 0 Å². The zero-order chi connectivity index (χ0) is 22.3. The molecule has 0 radical (unpaired) electrons. The number of fused-ring (bicyclic) bond motifs is 2. The van der Waals surface area contributed by atoms with Gasteiger partial charge in [0.15, 0.2) is 0 Å². The van der Waals surface area contributed by atoms with Crippen molar-refractivity contribution in [1.82, 2.24) is 19.7 Å². The quantitative estimate of drug-likeness (QED) is 0.502. The molecule has 0 bridgehead atoms. The molecule has 0 saturated carbocycles. The van der Waals surface area contributed by atoms with Gasteiger partial charge in [0.25, 0.3) is 0 Å². The smallest absolute Gasteiger partial charge is 0.356 e. The Morgan fingerprint density at radius 3 is 2.84 bits per heavy atom. The maximum absolute atomic E-state index is 12.9. The normalized spacial score (nSPS) is 22.2. The fraction of sp³-hybridized carbons (Fsp3) is 0.609. The molecule has 32 heavy (non-hydrogen) atoms. The van der Waals surface area contributed by atoms with Gasteiger partial charge in [0, 0.05) is 31.2 Å². The minimum atomic E-state index is -4.21. The lowest BCUT2D eigenvalue weighted by Gasteiger charge is -2.26. The average Bonchev–Trinajstić information content (AvgIpc) is 3.22. The first-order valence-electron chi connectivity index (χ1n) is 11.4. The van der Waals surface area contributed by atoms with Gasteiger partial charge in [-0.15, -0.1) is 11.3 Å². The van der Waals surface area contributed by atoms with Gasteiger partial charge in [-0.2, -0.15) is 18.3 Å². The van der Waals surface area contributed by atoms with Gasteiger partial charge in [0.05, 0.1) is 17.5 Å². The molecular formula is C23H28F3N5S. The van der Waals surface area contributed by atoms with Crippen molar-refractivity contribution in [2.24, 2.45) is 13.0 Å². The number of anilines is 1. The highest BCUT2D eigenvalue weighted by molar-refractivity contribution is 7.18. The van der Waals surface area contributed by atoms with E-state index in [4.69, 9.17) is 0 Å². The number of hydrogen-bond donors (Lipinski definition) is 0. The lowest BCUT2D eigenvalue weighted by molar-refractivity contribution is -0.126. The topological polar surface area (TPSA) is 46.8 Å². The summed E-state index contributed by atoms with van der Waals surface area (Å²) in [5, 5.41) is 5.39. The van der Waals surface area contributed by atoms with Crippen molar-refractivity contribution in [3.05, 3.63) is 34.7 Å². The Labute approximate surface area is 189 Å². The van der Waals surface area contributed by atoms with Crippen LogP contribution >= 0.6 is 11.3 Å². The molecule has 1 fully saturated rings. The largest absolute Gasteiger partial charge is 0.393 e. The van der Waals surface area contributed by atoms with Crippen molar-refractivity contribution < 1.29 is 13.2 Å². The van der Waals surface area contributed by atoms with Crippen LogP contribution < -0.4 is 4.90 Å². The van der Waals surface area contributed by atoms with E-state index in [-0.39, 0.29) is 0 Å². The van der Waals surface area contributed by atoms with Gasteiger partial charge in [-0.1, -0.05) is 0 Å². The zero-order valence-electron chi connectivity index (χ0n) is 18.2. The summed E-state index contributed by atoms with van der Waals surface area (Å²) in [4.78, 5) is 11.9. The Hall–Kier alpha value is -2.16. The predicted molar refractivity (Wildman–Crippen MR) is 120 cm³/mol. The lowest BCUT2D eigenvalue weighted by atomic mass is 9.79. The third-order valence-electron chi connectivity index (χ3n) is 6.84. The summed E-state index contributed by atoms with van der Waals surface area (Å²) in [6, 6.07) is 1.64. The molecule has 4 heterocycles. The third-order valence-corrected chi connectivity index (χ3v) is 7.89. The van der Waals surface area contributed by atoms with Crippen LogP contribution in [0.15, 0.2) is 18.6 Å². The Balaban J connectivity index is 1.29. The van der Waals surface area contributed by atoms with Crippen LogP contribution in [0.5, 0.6) is 0 Å². The molecule has 1 aliphatic carbocycles. The zero-order valence-corrected chi connectivity index (χ0v) is 19.1. The number of alkyl halides is 3. The Bertz CT molecular complexity index is 1090. The molecule has 2 atom stereocenters. The van der Waals surface area contributed by atoms with E-state index < -0.39 is 12.6 Å². The van der Waals surface area contributed by atoms with Crippen LogP contribution in [0.2, 0.25) is 0 Å². The predicted octanol–water partition coefficient (Wildman–Crippen LogP) is 5.65. The van der Waals surface area contributed by atoms with Gasteiger partial charge in [-0.05, 0) is 68.4 Å². The molecule has 1 saturated heterocycles. The van der Waals surface area contributed by atoms with E-state index in [0.29, 0.717) is 21.5 Å². The van der Waals surface area contributed by atoms with Crippen molar-refractivity contribution in [2.45, 2.75) is 63.5 Å². The number of rotatable bonds is 4. The maximum atomic E-state index is 12.9. The average molecular weight is 464 g/mol. The lowest BCUT2D eigenvalue weighted by Crippen LogP contribution is -2.25. The fourth-order valence-electron chi connectivity index (χ4n) is 5.45. The van der Waals surface area contributed by atoms with Crippen LogP contribution in [0.3, 0.4) is 0 Å². The number of thiophene rings is 1. The van der Waals surface area contributed by atoms with E-state index in [1.807, 2.05) is 11.7 Å². The highest BCUT2D eigenvalue weighted by Crippen LogP contribution is 2.39. The molecule has 172 valence electrons. The van der Waals surface area contributed by atoms with Gasteiger partial charge < -0.3 is 4.90 Å². The molecule has 5 nitrogen and oxygen atoms in total. The first-order valence-corrected chi connectivity index (χ1v) is 12.2. The monoisotopic (exact) mass is 463 g/mol. The molecule has 2 aliphatic rings. The van der Waals surface area contributed by atoms with Crippen molar-refractivity contribution in [2.75, 3.05) is 18.0 Å². The molecule has 5 rings (SSSR count). The van der Waals surface area contributed by atoms with Gasteiger partial charge in [-0.25, -0.2) is 9.97 Å². The standard InChI is InChI=1S/C23H28F3N5S/c1-30-13-19-16(5-2-6-20(19)29-30)10-15-4-3-8-31(9-7-15)21-18-11-17(12-23(24,25)26)32-22(18)28-14-27-21/h11,13-16H,2-10,12H2,1H3/t15-,16+/m0/s1. The highest BCUT2D eigenvalue weighted by Gasteiger charge is 2.30. The molecule has 0 amide bonds. The summed E-state index contributed by atoms with van der Waals surface area (Å²) in [5.74, 6) is 2.03. The molecular weight excluding hydrogens is 435 g/mol. The van der Waals surface area contributed by atoms with Gasteiger partial charge in [0.2, 0.25) is 0 Å². The van der Waals surface area contributed by atoms with Crippen LogP contribution in [-0.4, -0.2) is 39.0 Å². The second-order valence-corrected chi connectivity index (χ2v) is 10.3. The summed E-state index contributed by atoms with van der Waals surface area (Å²) >= 11 is 1.12. The molecule has 0 aromatic carbocycles. The van der Waals surface area contributed by atoms with Gasteiger partial charge in [-0.3, -0.25) is 4.68 Å². The SMILES string of the molecule is Cn1cc2c(n1)CCC[C@@H]2C[C@H]1CCCN(c2ncnc3sc(CC(F)(F)F)cc23)CC1. The molecule has 0 N–H and O–H groups in total. The van der Waals surface area contributed by atoms with E-state index in [2.05, 4.69) is 26.2 Å². The van der Waals surface area contributed by atoms with E-state index >= 15 is 0 Å². The minimum Gasteiger partial charge on any atom is -0.356 e. The first kappa shape index (κ1) is 21.7. The number of nitrogens with zero attached hydrogens (tertiary/aromatic N) is 5. The second kappa shape index (κ2) is 8.65. The van der Waals surface area contributed by atoms with Gasteiger partial charge >= 0.3 is 6.18 Å². The van der Waals surface area contributed by atoms with E-state index in [9.17, 15) is 13.2 Å². The van der Waals surface area contributed by atoms with Crippen LogP contribution in [0.25, 0.3) is 10.2 Å². The summed E-state index contributed by atoms with van der Waals surface area (Å²) in [7, 11) is 2.01. The van der Waals surface area contributed by atoms with E-state index in [1.165, 1.54) is 43.3 Å². The summed E-state index contributed by atoms with van der Waals surface area (Å²) in [5.41, 5.74) is 2.71. The minimum absolute atomic E-state index is 0.298. The maximum Gasteiger partial charge on any atom is 0.393 e. The molecule has 9 heteroatoms. The van der Waals surface area contributed by atoms with E-state index in [1.54, 1.807) is 6.07 Å². The van der Waals surface area contributed by atoms with Gasteiger partial charge in [0.1, 0.15) is 17.0 Å². The van der Waals surface area contributed by atoms with Crippen molar-refractivity contribution in [3.63, 3.8) is 0 Å². The first-order chi connectivity index (χ1) is 15.4. The van der Waals surface area contributed by atoms with Crippen molar-refractivity contribution in [1.29, 1.82) is 0 Å². The Kier molecular flexibility index (Phi) is 5.86. The summed E-state index contributed by atoms with van der Waals surface area (Å²) < 4.78 is 40.5. The van der Waals surface area contributed by atoms with Crippen LogP contribution in [0, 0.1) is 5.92 Å². The highest BCUT2D eigenvalue weighted by atomic mass is 32.1. The van der Waals surface area contributed by atoms with Crippen molar-refractivity contribution >= 4 is 27.4 Å². The second-order valence-electron chi connectivity index (χ2n) is 9.23. The van der Waals surface area contributed by atoms with Crippen LogP contribution in [0.1, 0.15) is 60.6 Å². The molecule has 0 unspecified atom stereocenters. The molecule has 3 aromatic heterocycles. The summed E-state index contributed by atoms with van der Waals surface area (Å²) in [6.45, 7) is 1.77. The number of hydrogen-bond acceptors (Lipinski definition) is 5. The fourth-order valence-corrected chi connectivity index (χ4v) is 6.47. The summed E-state index contributed by atoms with van der Waals surface area (Å²) in [6.07, 6.45) is 6.64. The van der Waals surface area contributed by atoms with E-state index in [0.717, 1.165) is 54.9 Å². The number of aromatic nitrogens is 4. The Morgan fingerprint density at radius 2 is 2.00 bits per heavy atom.